The molecule has 1 atom stereocenters. The van der Waals surface area contributed by atoms with Gasteiger partial charge in [0.25, 0.3) is 0 Å². The topological polar surface area (TPSA) is 44.4 Å². The van der Waals surface area contributed by atoms with Gasteiger partial charge in [-0.2, -0.15) is 0 Å². The molecule has 1 fully saturated rings. The molecule has 1 aromatic carbocycles. The Bertz CT molecular complexity index is 421. The second-order valence-corrected chi connectivity index (χ2v) is 5.02. The Kier molecular flexibility index (Phi) is 4.87. The molecule has 1 aliphatic rings. The van der Waals surface area contributed by atoms with Crippen molar-refractivity contribution in [2.24, 2.45) is 0 Å². The average Bonchev–Trinajstić information content (AvgIpc) is 2.39. The Hall–Kier alpha value is -1.46. The summed E-state index contributed by atoms with van der Waals surface area (Å²) in [4.78, 5) is 14.0. The Morgan fingerprint density at radius 3 is 2.89 bits per heavy atom. The predicted molar refractivity (Wildman–Crippen MR) is 72.4 cm³/mol. The van der Waals surface area contributed by atoms with Gasteiger partial charge in [0, 0.05) is 32.2 Å². The molecule has 1 amide bonds. The van der Waals surface area contributed by atoms with Gasteiger partial charge in [0.15, 0.2) is 0 Å². The molecule has 4 nitrogen and oxygen atoms in total. The molecule has 0 bridgehead atoms. The van der Waals surface area contributed by atoms with Gasteiger partial charge in [-0.3, -0.25) is 4.79 Å². The van der Waals surface area contributed by atoms with Gasteiger partial charge in [0.1, 0.15) is 5.82 Å². The number of hydrogen-bond donors (Lipinski definition) is 2. The monoisotopic (exact) mass is 265 g/mol. The summed E-state index contributed by atoms with van der Waals surface area (Å²) < 4.78 is 12.7. The lowest BCUT2D eigenvalue weighted by Crippen LogP contribution is -2.53. The van der Waals surface area contributed by atoms with E-state index in [9.17, 15) is 9.18 Å². The Balaban J connectivity index is 1.73. The third-order valence-corrected chi connectivity index (χ3v) is 3.28. The first-order chi connectivity index (χ1) is 9.13. The lowest BCUT2D eigenvalue weighted by molar-refractivity contribution is -0.120. The quantitative estimate of drug-likeness (QED) is 0.827. The zero-order valence-electron chi connectivity index (χ0n) is 11.2. The SMILES string of the molecule is CN1CCNC(CNC(=O)Cc2ccc(F)cc2)C1. The number of benzene rings is 1. The summed E-state index contributed by atoms with van der Waals surface area (Å²) in [5, 5.41) is 6.28. The van der Waals surface area contributed by atoms with E-state index in [1.165, 1.54) is 12.1 Å². The molecule has 2 rings (SSSR count). The van der Waals surface area contributed by atoms with Crippen LogP contribution in [-0.4, -0.2) is 50.1 Å². The van der Waals surface area contributed by atoms with Gasteiger partial charge in [0.2, 0.25) is 5.91 Å². The third-order valence-electron chi connectivity index (χ3n) is 3.28. The molecule has 0 radical (unpaired) electrons. The normalized spacial score (nSPS) is 20.2. The number of carbonyl (C=O) groups excluding carboxylic acids is 1. The average molecular weight is 265 g/mol. The van der Waals surface area contributed by atoms with Gasteiger partial charge < -0.3 is 15.5 Å². The highest BCUT2D eigenvalue weighted by atomic mass is 19.1. The molecule has 1 heterocycles. The van der Waals surface area contributed by atoms with Crippen molar-refractivity contribution in [1.82, 2.24) is 15.5 Å². The molecular formula is C14H20FN3O. The minimum atomic E-state index is -0.279. The number of piperazine rings is 1. The van der Waals surface area contributed by atoms with Crippen LogP contribution in [0.25, 0.3) is 0 Å². The Morgan fingerprint density at radius 2 is 2.21 bits per heavy atom. The number of rotatable bonds is 4. The summed E-state index contributed by atoms with van der Waals surface area (Å²) in [5.74, 6) is -0.305. The molecule has 1 aliphatic heterocycles. The van der Waals surface area contributed by atoms with Gasteiger partial charge in [-0.15, -0.1) is 0 Å². The van der Waals surface area contributed by atoms with Crippen molar-refractivity contribution in [2.45, 2.75) is 12.5 Å². The van der Waals surface area contributed by atoms with Crippen LogP contribution >= 0.6 is 0 Å². The van der Waals surface area contributed by atoms with Crippen LogP contribution in [0.2, 0.25) is 0 Å². The first-order valence-electron chi connectivity index (χ1n) is 6.56. The van der Waals surface area contributed by atoms with E-state index < -0.39 is 0 Å². The van der Waals surface area contributed by atoms with Gasteiger partial charge >= 0.3 is 0 Å². The van der Waals surface area contributed by atoms with Crippen LogP contribution in [0, 0.1) is 5.82 Å². The van der Waals surface area contributed by atoms with E-state index in [1.54, 1.807) is 12.1 Å². The molecule has 0 saturated carbocycles. The molecule has 0 aliphatic carbocycles. The first kappa shape index (κ1) is 14.0. The largest absolute Gasteiger partial charge is 0.354 e. The minimum Gasteiger partial charge on any atom is -0.354 e. The number of halogens is 1. The molecule has 1 saturated heterocycles. The summed E-state index contributed by atoms with van der Waals surface area (Å²) in [5.41, 5.74) is 0.827. The van der Waals surface area contributed by atoms with E-state index in [4.69, 9.17) is 0 Å². The maximum Gasteiger partial charge on any atom is 0.224 e. The van der Waals surface area contributed by atoms with E-state index in [1.807, 2.05) is 0 Å². The van der Waals surface area contributed by atoms with Crippen molar-refractivity contribution in [1.29, 1.82) is 0 Å². The van der Waals surface area contributed by atoms with Crippen molar-refractivity contribution in [3.8, 4) is 0 Å². The summed E-state index contributed by atoms with van der Waals surface area (Å²) in [6.45, 7) is 3.57. The maximum atomic E-state index is 12.7. The molecule has 1 aromatic rings. The van der Waals surface area contributed by atoms with Crippen molar-refractivity contribution in [2.75, 3.05) is 33.2 Å². The first-order valence-corrected chi connectivity index (χ1v) is 6.56. The number of likely N-dealkylation sites (N-methyl/N-ethyl adjacent to an activating group) is 1. The van der Waals surface area contributed by atoms with Crippen LogP contribution in [0.4, 0.5) is 4.39 Å². The molecule has 2 N–H and O–H groups in total. The molecule has 5 heteroatoms. The van der Waals surface area contributed by atoms with Crippen LogP contribution in [0.3, 0.4) is 0 Å². The summed E-state index contributed by atoms with van der Waals surface area (Å²) >= 11 is 0. The number of nitrogens with one attached hydrogen (secondary N) is 2. The Labute approximate surface area is 113 Å². The zero-order valence-corrected chi connectivity index (χ0v) is 11.2. The summed E-state index contributed by atoms with van der Waals surface area (Å²) in [6.07, 6.45) is 0.294. The van der Waals surface area contributed by atoms with Crippen molar-refractivity contribution in [3.63, 3.8) is 0 Å². The molecule has 104 valence electrons. The Morgan fingerprint density at radius 1 is 1.47 bits per heavy atom. The van der Waals surface area contributed by atoms with E-state index in [0.29, 0.717) is 19.0 Å². The fourth-order valence-electron chi connectivity index (χ4n) is 2.22. The van der Waals surface area contributed by atoms with Crippen LogP contribution in [0.1, 0.15) is 5.56 Å². The second kappa shape index (κ2) is 6.63. The minimum absolute atomic E-state index is 0.0263. The van der Waals surface area contributed by atoms with Gasteiger partial charge in [-0.25, -0.2) is 4.39 Å². The molecular weight excluding hydrogens is 245 g/mol. The van der Waals surface area contributed by atoms with E-state index in [2.05, 4.69) is 22.6 Å². The van der Waals surface area contributed by atoms with E-state index >= 15 is 0 Å². The highest BCUT2D eigenvalue weighted by molar-refractivity contribution is 5.78. The van der Waals surface area contributed by atoms with Gasteiger partial charge in [-0.1, -0.05) is 12.1 Å². The second-order valence-electron chi connectivity index (χ2n) is 5.02. The van der Waals surface area contributed by atoms with Crippen LogP contribution in [-0.2, 0) is 11.2 Å². The zero-order chi connectivity index (χ0) is 13.7. The van der Waals surface area contributed by atoms with Crippen LogP contribution in [0.15, 0.2) is 24.3 Å². The lowest BCUT2D eigenvalue weighted by Gasteiger charge is -2.30. The van der Waals surface area contributed by atoms with Crippen LogP contribution < -0.4 is 10.6 Å². The maximum absolute atomic E-state index is 12.7. The molecule has 1 unspecified atom stereocenters. The molecule has 0 aromatic heterocycles. The summed E-state index contributed by atoms with van der Waals surface area (Å²) in [7, 11) is 2.08. The summed E-state index contributed by atoms with van der Waals surface area (Å²) in [6, 6.07) is 6.33. The van der Waals surface area contributed by atoms with E-state index in [-0.39, 0.29) is 11.7 Å². The molecule has 19 heavy (non-hydrogen) atoms. The van der Waals surface area contributed by atoms with Gasteiger partial charge in [-0.05, 0) is 24.7 Å². The molecule has 0 spiro atoms. The number of amides is 1. The standard InChI is InChI=1S/C14H20FN3O/c1-18-7-6-16-13(10-18)9-17-14(19)8-11-2-4-12(15)5-3-11/h2-5,13,16H,6-10H2,1H3,(H,17,19). The predicted octanol–water partition coefficient (Wildman–Crippen LogP) is 0.388. The van der Waals surface area contributed by atoms with E-state index in [0.717, 1.165) is 25.2 Å². The third kappa shape index (κ3) is 4.61. The highest BCUT2D eigenvalue weighted by Crippen LogP contribution is 2.03. The number of hydrogen-bond acceptors (Lipinski definition) is 3. The fraction of sp³-hybridized carbons (Fsp3) is 0.500. The lowest BCUT2D eigenvalue weighted by atomic mass is 10.1. The van der Waals surface area contributed by atoms with Crippen molar-refractivity contribution < 1.29 is 9.18 Å². The van der Waals surface area contributed by atoms with Crippen molar-refractivity contribution in [3.05, 3.63) is 35.6 Å². The van der Waals surface area contributed by atoms with Crippen LogP contribution in [0.5, 0.6) is 0 Å². The smallest absolute Gasteiger partial charge is 0.224 e. The van der Waals surface area contributed by atoms with Crippen molar-refractivity contribution >= 4 is 5.91 Å². The highest BCUT2D eigenvalue weighted by Gasteiger charge is 2.16. The number of carbonyl (C=O) groups is 1. The van der Waals surface area contributed by atoms with Gasteiger partial charge in [0.05, 0.1) is 6.42 Å². The fourth-order valence-corrected chi connectivity index (χ4v) is 2.22. The number of nitrogens with zero attached hydrogens (tertiary/aromatic N) is 1.